The molecule has 0 amide bonds. The maximum atomic E-state index is 12.9. The summed E-state index contributed by atoms with van der Waals surface area (Å²) in [6.45, 7) is 7.59. The summed E-state index contributed by atoms with van der Waals surface area (Å²) >= 11 is 0. The van der Waals surface area contributed by atoms with E-state index < -0.39 is 0 Å². The van der Waals surface area contributed by atoms with E-state index in [1.54, 1.807) is 4.57 Å². The molecule has 1 saturated heterocycles. The highest BCUT2D eigenvalue weighted by atomic mass is 35.5. The van der Waals surface area contributed by atoms with Gasteiger partial charge in [0.15, 0.2) is 0 Å². The second-order valence-corrected chi connectivity index (χ2v) is 6.57. The number of aromatic nitrogens is 2. The Balaban J connectivity index is 0.00000243. The maximum Gasteiger partial charge on any atom is 0.331 e. The Morgan fingerprint density at radius 1 is 0.962 bits per heavy atom. The largest absolute Gasteiger partial charge is 0.379 e. The zero-order valence-electron chi connectivity index (χ0n) is 15.4. The molecule has 0 N–H and O–H groups in total. The van der Waals surface area contributed by atoms with Crippen molar-refractivity contribution < 1.29 is 4.74 Å². The molecule has 0 radical (unpaired) electrons. The summed E-state index contributed by atoms with van der Waals surface area (Å²) in [5.74, 6) is 0. The molecule has 1 aromatic carbocycles. The first kappa shape index (κ1) is 20.7. The van der Waals surface area contributed by atoms with Crippen LogP contribution in [0.1, 0.15) is 26.2 Å². The Kier molecular flexibility index (Phi) is 7.87. The van der Waals surface area contributed by atoms with Gasteiger partial charge >= 0.3 is 5.69 Å². The molecule has 2 heterocycles. The maximum absolute atomic E-state index is 12.9. The highest BCUT2D eigenvalue weighted by Crippen LogP contribution is 2.09. The van der Waals surface area contributed by atoms with E-state index in [1.807, 2.05) is 24.3 Å². The first-order chi connectivity index (χ1) is 12.2. The summed E-state index contributed by atoms with van der Waals surface area (Å²) in [4.78, 5) is 27.9. The minimum atomic E-state index is -0.181. The van der Waals surface area contributed by atoms with Gasteiger partial charge < -0.3 is 4.74 Å². The van der Waals surface area contributed by atoms with Gasteiger partial charge in [0.25, 0.3) is 5.56 Å². The summed E-state index contributed by atoms with van der Waals surface area (Å²) in [6.07, 6.45) is 2.67. The van der Waals surface area contributed by atoms with Gasteiger partial charge in [-0.25, -0.2) is 4.79 Å². The molecule has 7 heteroatoms. The Labute approximate surface area is 159 Å². The topological polar surface area (TPSA) is 56.5 Å². The van der Waals surface area contributed by atoms with Crippen molar-refractivity contribution in [2.45, 2.75) is 39.3 Å². The van der Waals surface area contributed by atoms with Crippen LogP contribution in [0.15, 0.2) is 33.9 Å². The van der Waals surface area contributed by atoms with E-state index in [4.69, 9.17) is 4.74 Å². The van der Waals surface area contributed by atoms with Gasteiger partial charge in [-0.1, -0.05) is 25.5 Å². The molecule has 2 aromatic rings. The monoisotopic (exact) mass is 381 g/mol. The van der Waals surface area contributed by atoms with Crippen LogP contribution in [-0.4, -0.2) is 46.9 Å². The number of halogens is 1. The molecule has 3 rings (SSSR count). The standard InChI is InChI=1S/C19H27N3O3.ClH/c1-2-3-10-22-18(23)16-7-4-5-8-17(16)21(19(22)24)11-6-9-20-12-14-25-15-13-20;/h4-5,7-8H,2-3,6,9-15H2,1H3;1H. The van der Waals surface area contributed by atoms with E-state index in [2.05, 4.69) is 11.8 Å². The van der Waals surface area contributed by atoms with Crippen molar-refractivity contribution in [3.05, 3.63) is 45.1 Å². The lowest BCUT2D eigenvalue weighted by atomic mass is 10.2. The SMILES string of the molecule is CCCCn1c(=O)c2ccccc2n(CCCN2CCOCC2)c1=O.Cl. The number of benzene rings is 1. The molecule has 144 valence electrons. The summed E-state index contributed by atoms with van der Waals surface area (Å²) in [7, 11) is 0. The van der Waals surface area contributed by atoms with Gasteiger partial charge in [0.2, 0.25) is 0 Å². The van der Waals surface area contributed by atoms with E-state index >= 15 is 0 Å². The fraction of sp³-hybridized carbons (Fsp3) is 0.579. The fourth-order valence-corrected chi connectivity index (χ4v) is 3.38. The number of ether oxygens (including phenoxy) is 1. The fourth-order valence-electron chi connectivity index (χ4n) is 3.38. The quantitative estimate of drug-likeness (QED) is 0.737. The van der Waals surface area contributed by atoms with Crippen LogP contribution in [0, 0.1) is 0 Å². The molecule has 1 aliphatic heterocycles. The molecule has 0 unspecified atom stereocenters. The van der Waals surface area contributed by atoms with Crippen LogP contribution in [0.4, 0.5) is 0 Å². The van der Waals surface area contributed by atoms with E-state index in [-0.39, 0.29) is 23.7 Å². The van der Waals surface area contributed by atoms with Crippen LogP contribution in [0.3, 0.4) is 0 Å². The predicted molar refractivity (Wildman–Crippen MR) is 107 cm³/mol. The average Bonchev–Trinajstić information content (AvgIpc) is 2.65. The van der Waals surface area contributed by atoms with Crippen molar-refractivity contribution in [3.63, 3.8) is 0 Å². The highest BCUT2D eigenvalue weighted by molar-refractivity contribution is 5.85. The summed E-state index contributed by atoms with van der Waals surface area (Å²) in [5.41, 5.74) is 0.393. The lowest BCUT2D eigenvalue weighted by Crippen LogP contribution is -2.41. The molecule has 1 aliphatic rings. The number of rotatable bonds is 7. The number of para-hydroxylation sites is 1. The molecule has 26 heavy (non-hydrogen) atoms. The molecule has 1 fully saturated rings. The van der Waals surface area contributed by atoms with Gasteiger partial charge in [0.05, 0.1) is 24.1 Å². The van der Waals surface area contributed by atoms with Crippen molar-refractivity contribution in [2.75, 3.05) is 32.8 Å². The zero-order valence-corrected chi connectivity index (χ0v) is 16.2. The Morgan fingerprint density at radius 2 is 1.65 bits per heavy atom. The average molecular weight is 382 g/mol. The van der Waals surface area contributed by atoms with Crippen molar-refractivity contribution in [2.24, 2.45) is 0 Å². The summed E-state index contributed by atoms with van der Waals surface area (Å²) in [6, 6.07) is 7.43. The molecule has 0 saturated carbocycles. The smallest absolute Gasteiger partial charge is 0.331 e. The number of nitrogens with zero attached hydrogens (tertiary/aromatic N) is 3. The minimum absolute atomic E-state index is 0. The molecule has 0 aliphatic carbocycles. The van der Waals surface area contributed by atoms with Gasteiger partial charge in [0, 0.05) is 32.7 Å². The Bertz CT molecular complexity index is 825. The van der Waals surface area contributed by atoms with Gasteiger partial charge in [-0.3, -0.25) is 18.8 Å². The third-order valence-electron chi connectivity index (χ3n) is 4.83. The normalized spacial score (nSPS) is 15.1. The van der Waals surface area contributed by atoms with E-state index in [9.17, 15) is 9.59 Å². The third kappa shape index (κ3) is 4.55. The molecule has 0 spiro atoms. The van der Waals surface area contributed by atoms with Crippen LogP contribution < -0.4 is 11.2 Å². The van der Waals surface area contributed by atoms with Crippen LogP contribution in [0.25, 0.3) is 10.9 Å². The van der Waals surface area contributed by atoms with Crippen LogP contribution in [-0.2, 0) is 17.8 Å². The number of morpholine rings is 1. The number of unbranched alkanes of at least 4 members (excludes halogenated alkanes) is 1. The van der Waals surface area contributed by atoms with Crippen molar-refractivity contribution in [3.8, 4) is 0 Å². The minimum Gasteiger partial charge on any atom is -0.379 e. The number of fused-ring (bicyclic) bond motifs is 1. The lowest BCUT2D eigenvalue weighted by Gasteiger charge is -2.26. The Hall–Kier alpha value is -1.63. The molecule has 1 aromatic heterocycles. The molecule has 6 nitrogen and oxygen atoms in total. The van der Waals surface area contributed by atoms with Gasteiger partial charge in [-0.15, -0.1) is 12.4 Å². The molecule has 0 bridgehead atoms. The van der Waals surface area contributed by atoms with Gasteiger partial charge in [0.1, 0.15) is 0 Å². The van der Waals surface area contributed by atoms with Crippen LogP contribution in [0.5, 0.6) is 0 Å². The van der Waals surface area contributed by atoms with E-state index in [0.717, 1.165) is 57.6 Å². The molecular formula is C19H28ClN3O3. The summed E-state index contributed by atoms with van der Waals surface area (Å²) < 4.78 is 8.55. The lowest BCUT2D eigenvalue weighted by molar-refractivity contribution is 0.0369. The second-order valence-electron chi connectivity index (χ2n) is 6.57. The Morgan fingerprint density at radius 3 is 2.38 bits per heavy atom. The first-order valence-electron chi connectivity index (χ1n) is 9.25. The second kappa shape index (κ2) is 9.90. The number of hydrogen-bond acceptors (Lipinski definition) is 4. The van der Waals surface area contributed by atoms with Gasteiger partial charge in [-0.05, 0) is 25.0 Å². The third-order valence-corrected chi connectivity index (χ3v) is 4.83. The number of aryl methyl sites for hydroxylation is 1. The van der Waals surface area contributed by atoms with Crippen LogP contribution >= 0.6 is 12.4 Å². The molecular weight excluding hydrogens is 354 g/mol. The van der Waals surface area contributed by atoms with Crippen LogP contribution in [0.2, 0.25) is 0 Å². The number of hydrogen-bond donors (Lipinski definition) is 0. The summed E-state index contributed by atoms with van der Waals surface area (Å²) in [5, 5.41) is 0.629. The van der Waals surface area contributed by atoms with E-state index in [1.165, 1.54) is 4.57 Å². The first-order valence-corrected chi connectivity index (χ1v) is 9.25. The van der Waals surface area contributed by atoms with Crippen molar-refractivity contribution >= 4 is 23.3 Å². The highest BCUT2D eigenvalue weighted by Gasteiger charge is 2.14. The van der Waals surface area contributed by atoms with Crippen molar-refractivity contribution in [1.82, 2.24) is 14.0 Å². The van der Waals surface area contributed by atoms with Crippen molar-refractivity contribution in [1.29, 1.82) is 0 Å². The predicted octanol–water partition coefficient (Wildman–Crippen LogP) is 2.11. The van der Waals surface area contributed by atoms with Gasteiger partial charge in [-0.2, -0.15) is 0 Å². The zero-order chi connectivity index (χ0) is 17.6. The molecule has 0 atom stereocenters. The van der Waals surface area contributed by atoms with E-state index in [0.29, 0.717) is 18.5 Å².